The minimum Gasteiger partial charge on any atom is -0.507 e. The van der Waals surface area contributed by atoms with Crippen molar-refractivity contribution in [3.8, 4) is 0 Å². The van der Waals surface area contributed by atoms with Crippen molar-refractivity contribution in [1.82, 2.24) is 4.90 Å². The standard InChI is InChI=1S/C23H22N2O7/c26-18(27)9-5-2-6-14-24-20(15-7-3-1-4-8-15)19(22(29)23(24)30)21(28)16-10-12-17(13-11-16)25(31)32/h1,3-4,7-8,10-13,20,28H,2,5-6,9,14H2,(H,26,27)/b21-19-. The number of aliphatic carboxylic acids is 1. The Labute approximate surface area is 183 Å². The Morgan fingerprint density at radius 2 is 1.62 bits per heavy atom. The molecule has 2 N–H and O–H groups in total. The topological polar surface area (TPSA) is 138 Å². The second-order valence-electron chi connectivity index (χ2n) is 7.41. The van der Waals surface area contributed by atoms with E-state index in [1.807, 2.05) is 0 Å². The molecule has 32 heavy (non-hydrogen) atoms. The molecule has 0 bridgehead atoms. The number of nitro groups is 1. The SMILES string of the molecule is O=C(O)CCCCCN1C(=O)C(=O)/C(=C(\O)c2ccc([N+](=O)[O-])cc2)C1c1ccccc1. The summed E-state index contributed by atoms with van der Waals surface area (Å²) in [5, 5.41) is 30.6. The zero-order valence-corrected chi connectivity index (χ0v) is 17.1. The largest absolute Gasteiger partial charge is 0.507 e. The number of Topliss-reactive ketones (excluding diaryl/α,β-unsaturated/α-hetero) is 1. The van der Waals surface area contributed by atoms with E-state index in [1.54, 1.807) is 30.3 Å². The number of nitro benzene ring substituents is 1. The van der Waals surface area contributed by atoms with Crippen molar-refractivity contribution in [1.29, 1.82) is 0 Å². The number of carbonyl (C=O) groups is 3. The van der Waals surface area contributed by atoms with Gasteiger partial charge in [0.2, 0.25) is 0 Å². The van der Waals surface area contributed by atoms with Gasteiger partial charge in [0.1, 0.15) is 5.76 Å². The van der Waals surface area contributed by atoms with Crippen molar-refractivity contribution < 1.29 is 29.5 Å². The molecule has 0 spiro atoms. The van der Waals surface area contributed by atoms with Gasteiger partial charge in [0, 0.05) is 30.7 Å². The van der Waals surface area contributed by atoms with Crippen LogP contribution in [0, 0.1) is 10.1 Å². The highest BCUT2D eigenvalue weighted by molar-refractivity contribution is 6.46. The Bertz CT molecular complexity index is 1060. The number of amides is 1. The molecule has 1 amide bonds. The van der Waals surface area contributed by atoms with Gasteiger partial charge >= 0.3 is 5.97 Å². The number of ketones is 1. The second-order valence-corrected chi connectivity index (χ2v) is 7.41. The van der Waals surface area contributed by atoms with Crippen LogP contribution in [-0.4, -0.2) is 44.2 Å². The highest BCUT2D eigenvalue weighted by Gasteiger charge is 2.45. The molecule has 1 fully saturated rings. The average molecular weight is 438 g/mol. The molecule has 1 saturated heterocycles. The molecule has 1 heterocycles. The quantitative estimate of drug-likeness (QED) is 0.152. The lowest BCUT2D eigenvalue weighted by molar-refractivity contribution is -0.384. The van der Waals surface area contributed by atoms with E-state index >= 15 is 0 Å². The van der Waals surface area contributed by atoms with Crippen molar-refractivity contribution in [2.45, 2.75) is 31.7 Å². The normalized spacial score (nSPS) is 17.5. The molecule has 1 aliphatic rings. The molecule has 0 saturated carbocycles. The molecule has 1 unspecified atom stereocenters. The van der Waals surface area contributed by atoms with Crippen molar-refractivity contribution in [2.75, 3.05) is 6.54 Å². The fourth-order valence-corrected chi connectivity index (χ4v) is 3.72. The molecule has 9 nitrogen and oxygen atoms in total. The van der Waals surface area contributed by atoms with Crippen LogP contribution in [0.1, 0.15) is 42.9 Å². The van der Waals surface area contributed by atoms with Crippen LogP contribution in [0.4, 0.5) is 5.69 Å². The van der Waals surface area contributed by atoms with E-state index in [9.17, 15) is 29.6 Å². The third-order valence-electron chi connectivity index (χ3n) is 5.30. The van der Waals surface area contributed by atoms with Gasteiger partial charge < -0.3 is 15.1 Å². The van der Waals surface area contributed by atoms with Crippen LogP contribution in [0.2, 0.25) is 0 Å². The number of likely N-dealkylation sites (tertiary alicyclic amines) is 1. The highest BCUT2D eigenvalue weighted by Crippen LogP contribution is 2.39. The van der Waals surface area contributed by atoms with Crippen LogP contribution >= 0.6 is 0 Å². The lowest BCUT2D eigenvalue weighted by Crippen LogP contribution is -2.30. The predicted molar refractivity (Wildman–Crippen MR) is 115 cm³/mol. The molecule has 2 aromatic carbocycles. The summed E-state index contributed by atoms with van der Waals surface area (Å²) in [4.78, 5) is 48.1. The zero-order valence-electron chi connectivity index (χ0n) is 17.1. The number of aliphatic hydroxyl groups is 1. The predicted octanol–water partition coefficient (Wildman–Crippen LogP) is 3.66. The van der Waals surface area contributed by atoms with E-state index in [0.29, 0.717) is 24.8 Å². The van der Waals surface area contributed by atoms with E-state index in [-0.39, 0.29) is 29.8 Å². The molecule has 2 aromatic rings. The third kappa shape index (κ3) is 4.83. The zero-order chi connectivity index (χ0) is 23.3. The number of benzene rings is 2. The first-order valence-electron chi connectivity index (χ1n) is 10.1. The Kier molecular flexibility index (Phi) is 6.99. The summed E-state index contributed by atoms with van der Waals surface area (Å²) >= 11 is 0. The van der Waals surface area contributed by atoms with Gasteiger partial charge in [0.15, 0.2) is 0 Å². The summed E-state index contributed by atoms with van der Waals surface area (Å²) in [7, 11) is 0. The minimum atomic E-state index is -0.891. The van der Waals surface area contributed by atoms with Gasteiger partial charge in [0.05, 0.1) is 16.5 Å². The third-order valence-corrected chi connectivity index (χ3v) is 5.30. The van der Waals surface area contributed by atoms with E-state index in [4.69, 9.17) is 5.11 Å². The lowest BCUT2D eigenvalue weighted by Gasteiger charge is -2.25. The lowest BCUT2D eigenvalue weighted by atomic mass is 9.95. The first-order chi connectivity index (χ1) is 15.3. The summed E-state index contributed by atoms with van der Waals surface area (Å²) in [5.41, 5.74) is 0.584. The fraction of sp³-hybridized carbons (Fsp3) is 0.261. The van der Waals surface area contributed by atoms with E-state index in [0.717, 1.165) is 0 Å². The van der Waals surface area contributed by atoms with E-state index in [1.165, 1.54) is 29.2 Å². The molecular weight excluding hydrogens is 416 g/mol. The van der Waals surface area contributed by atoms with Gasteiger partial charge in [-0.15, -0.1) is 0 Å². The summed E-state index contributed by atoms with van der Waals surface area (Å²) < 4.78 is 0. The van der Waals surface area contributed by atoms with Gasteiger partial charge in [0.25, 0.3) is 17.4 Å². The van der Waals surface area contributed by atoms with Crippen LogP contribution in [0.5, 0.6) is 0 Å². The van der Waals surface area contributed by atoms with Gasteiger partial charge in [-0.1, -0.05) is 36.8 Å². The van der Waals surface area contributed by atoms with Crippen LogP contribution < -0.4 is 0 Å². The number of hydrogen-bond donors (Lipinski definition) is 2. The second kappa shape index (κ2) is 9.86. The average Bonchev–Trinajstić information content (AvgIpc) is 3.03. The van der Waals surface area contributed by atoms with Crippen LogP contribution in [0.25, 0.3) is 5.76 Å². The number of non-ortho nitro benzene ring substituents is 1. The first kappa shape index (κ1) is 22.7. The van der Waals surface area contributed by atoms with Crippen molar-refractivity contribution >= 4 is 29.1 Å². The number of unbranched alkanes of at least 4 members (excludes halogenated alkanes) is 2. The molecule has 0 aromatic heterocycles. The van der Waals surface area contributed by atoms with Crippen molar-refractivity contribution in [2.24, 2.45) is 0 Å². The van der Waals surface area contributed by atoms with Crippen molar-refractivity contribution in [3.63, 3.8) is 0 Å². The molecule has 1 atom stereocenters. The molecule has 1 aliphatic heterocycles. The number of carboxylic acid groups (broad SMARTS) is 1. The smallest absolute Gasteiger partial charge is 0.303 e. The molecule has 0 radical (unpaired) electrons. The minimum absolute atomic E-state index is 0.0288. The van der Waals surface area contributed by atoms with Gasteiger partial charge in [-0.25, -0.2) is 0 Å². The van der Waals surface area contributed by atoms with Crippen LogP contribution in [-0.2, 0) is 14.4 Å². The number of carbonyl (C=O) groups excluding carboxylic acids is 2. The molecular formula is C23H22N2O7. The summed E-state index contributed by atoms with van der Waals surface area (Å²) in [6.07, 6.45) is 1.56. The molecule has 9 heteroatoms. The maximum Gasteiger partial charge on any atom is 0.303 e. The van der Waals surface area contributed by atoms with Crippen molar-refractivity contribution in [3.05, 3.63) is 81.4 Å². The number of hydrogen-bond acceptors (Lipinski definition) is 6. The van der Waals surface area contributed by atoms with E-state index in [2.05, 4.69) is 0 Å². The van der Waals surface area contributed by atoms with Gasteiger partial charge in [-0.05, 0) is 30.5 Å². The summed E-state index contributed by atoms with van der Waals surface area (Å²) in [6, 6.07) is 13.1. The number of rotatable bonds is 9. The number of carboxylic acids is 1. The monoisotopic (exact) mass is 438 g/mol. The Balaban J connectivity index is 1.95. The number of nitrogens with zero attached hydrogens (tertiary/aromatic N) is 2. The van der Waals surface area contributed by atoms with Gasteiger partial charge in [-0.3, -0.25) is 24.5 Å². The Hall–Kier alpha value is -4.01. The number of aliphatic hydroxyl groups excluding tert-OH is 1. The Morgan fingerprint density at radius 3 is 2.22 bits per heavy atom. The first-order valence-corrected chi connectivity index (χ1v) is 10.1. The highest BCUT2D eigenvalue weighted by atomic mass is 16.6. The van der Waals surface area contributed by atoms with Crippen LogP contribution in [0.15, 0.2) is 60.2 Å². The molecule has 0 aliphatic carbocycles. The van der Waals surface area contributed by atoms with Crippen LogP contribution in [0.3, 0.4) is 0 Å². The maximum absolute atomic E-state index is 12.9. The molecule has 166 valence electrons. The summed E-state index contributed by atoms with van der Waals surface area (Å²) in [6.45, 7) is 0.223. The van der Waals surface area contributed by atoms with Gasteiger partial charge in [-0.2, -0.15) is 0 Å². The Morgan fingerprint density at radius 1 is 0.969 bits per heavy atom. The molecule has 3 rings (SSSR count). The van der Waals surface area contributed by atoms with E-state index < -0.39 is 34.4 Å². The fourth-order valence-electron chi connectivity index (χ4n) is 3.72. The summed E-state index contributed by atoms with van der Waals surface area (Å²) in [5.74, 6) is -2.88. The maximum atomic E-state index is 12.9.